The van der Waals surface area contributed by atoms with E-state index in [4.69, 9.17) is 0 Å². The third kappa shape index (κ3) is 6.67. The maximum atomic E-state index is 9.63. The smallest absolute Gasteiger partial charge is 0.0681 e. The molecule has 0 aromatic heterocycles. The van der Waals surface area contributed by atoms with Gasteiger partial charge >= 0.3 is 0 Å². The first-order valence-corrected chi connectivity index (χ1v) is 11.4. The van der Waals surface area contributed by atoms with Gasteiger partial charge in [-0.3, -0.25) is 4.90 Å². The molecule has 3 heteroatoms. The Kier molecular flexibility index (Phi) is 8.72. The van der Waals surface area contributed by atoms with Gasteiger partial charge in [-0.2, -0.15) is 0 Å². The molecule has 3 nitrogen and oxygen atoms in total. The molecule has 2 aromatic carbocycles. The largest absolute Gasteiger partial charge is 0.392 e. The SMILES string of the molecule is CCCC(C)CCNC1CCCN(Cc2cc(CO)ccc2-c2ccccc2)C1. The summed E-state index contributed by atoms with van der Waals surface area (Å²) in [5.74, 6) is 0.821. The van der Waals surface area contributed by atoms with E-state index in [1.807, 2.05) is 6.07 Å². The monoisotopic (exact) mass is 394 g/mol. The number of nitrogens with one attached hydrogen (secondary N) is 1. The molecule has 2 aromatic rings. The highest BCUT2D eigenvalue weighted by Gasteiger charge is 2.20. The fourth-order valence-corrected chi connectivity index (χ4v) is 4.55. The lowest BCUT2D eigenvalue weighted by Gasteiger charge is -2.34. The number of piperidine rings is 1. The van der Waals surface area contributed by atoms with Gasteiger partial charge in [0, 0.05) is 19.1 Å². The molecule has 0 aliphatic carbocycles. The Hall–Kier alpha value is -1.68. The summed E-state index contributed by atoms with van der Waals surface area (Å²) in [5, 5.41) is 13.4. The molecule has 0 bridgehead atoms. The molecule has 2 N–H and O–H groups in total. The standard InChI is InChI=1S/C26H38N2O/c1-3-8-21(2)14-15-27-25-11-7-16-28(19-25)18-24-17-22(20-29)12-13-26(24)23-9-5-4-6-10-23/h4-6,9-10,12-13,17,21,25,27,29H,3,7-8,11,14-16,18-20H2,1-2H3. The van der Waals surface area contributed by atoms with Crippen LogP contribution in [0.25, 0.3) is 11.1 Å². The van der Waals surface area contributed by atoms with Gasteiger partial charge < -0.3 is 10.4 Å². The van der Waals surface area contributed by atoms with Crippen LogP contribution < -0.4 is 5.32 Å². The molecule has 1 saturated heterocycles. The molecule has 2 unspecified atom stereocenters. The molecule has 2 atom stereocenters. The predicted octanol–water partition coefficient (Wildman–Crippen LogP) is 5.23. The summed E-state index contributed by atoms with van der Waals surface area (Å²) >= 11 is 0. The summed E-state index contributed by atoms with van der Waals surface area (Å²) in [5.41, 5.74) is 4.85. The van der Waals surface area contributed by atoms with Crippen LogP contribution >= 0.6 is 0 Å². The van der Waals surface area contributed by atoms with Gasteiger partial charge in [0.05, 0.1) is 6.61 Å². The van der Waals surface area contributed by atoms with E-state index in [9.17, 15) is 5.11 Å². The summed E-state index contributed by atoms with van der Waals surface area (Å²) in [6.07, 6.45) is 6.43. The zero-order chi connectivity index (χ0) is 20.5. The average Bonchev–Trinajstić information content (AvgIpc) is 2.75. The predicted molar refractivity (Wildman–Crippen MR) is 123 cm³/mol. The number of hydrogen-bond donors (Lipinski definition) is 2. The van der Waals surface area contributed by atoms with Gasteiger partial charge in [0.1, 0.15) is 0 Å². The molecule has 1 aliphatic heterocycles. The first-order chi connectivity index (χ1) is 14.2. The van der Waals surface area contributed by atoms with E-state index in [2.05, 4.69) is 66.5 Å². The van der Waals surface area contributed by atoms with Crippen molar-refractivity contribution in [1.29, 1.82) is 0 Å². The third-order valence-corrected chi connectivity index (χ3v) is 6.19. The lowest BCUT2D eigenvalue weighted by atomic mass is 9.96. The van der Waals surface area contributed by atoms with Crippen LogP contribution in [0.15, 0.2) is 48.5 Å². The van der Waals surface area contributed by atoms with E-state index in [1.54, 1.807) is 0 Å². The highest BCUT2D eigenvalue weighted by Crippen LogP contribution is 2.27. The Morgan fingerprint density at radius 3 is 2.72 bits per heavy atom. The van der Waals surface area contributed by atoms with Crippen molar-refractivity contribution in [3.63, 3.8) is 0 Å². The molecular formula is C26H38N2O. The van der Waals surface area contributed by atoms with Gasteiger partial charge in [-0.15, -0.1) is 0 Å². The van der Waals surface area contributed by atoms with Crippen molar-refractivity contribution in [3.05, 3.63) is 59.7 Å². The summed E-state index contributed by atoms with van der Waals surface area (Å²) in [7, 11) is 0. The Morgan fingerprint density at radius 2 is 1.97 bits per heavy atom. The number of nitrogens with zero attached hydrogens (tertiary/aromatic N) is 1. The second kappa shape index (κ2) is 11.5. The van der Waals surface area contributed by atoms with Gasteiger partial charge in [-0.05, 0) is 60.5 Å². The van der Waals surface area contributed by atoms with E-state index < -0.39 is 0 Å². The van der Waals surface area contributed by atoms with Crippen molar-refractivity contribution < 1.29 is 5.11 Å². The summed E-state index contributed by atoms with van der Waals surface area (Å²) < 4.78 is 0. The Balaban J connectivity index is 1.63. The maximum absolute atomic E-state index is 9.63. The van der Waals surface area contributed by atoms with Crippen LogP contribution in [0, 0.1) is 5.92 Å². The molecule has 29 heavy (non-hydrogen) atoms. The molecule has 0 radical (unpaired) electrons. The topological polar surface area (TPSA) is 35.5 Å². The van der Waals surface area contributed by atoms with Crippen molar-refractivity contribution in [3.8, 4) is 11.1 Å². The highest BCUT2D eigenvalue weighted by atomic mass is 16.3. The maximum Gasteiger partial charge on any atom is 0.0681 e. The van der Waals surface area contributed by atoms with Crippen LogP contribution in [0.5, 0.6) is 0 Å². The molecular weight excluding hydrogens is 356 g/mol. The van der Waals surface area contributed by atoms with Crippen LogP contribution in [0.4, 0.5) is 0 Å². The minimum Gasteiger partial charge on any atom is -0.392 e. The van der Waals surface area contributed by atoms with Crippen molar-refractivity contribution in [2.75, 3.05) is 19.6 Å². The van der Waals surface area contributed by atoms with Gasteiger partial charge in [0.2, 0.25) is 0 Å². The van der Waals surface area contributed by atoms with E-state index in [0.717, 1.165) is 37.7 Å². The zero-order valence-corrected chi connectivity index (χ0v) is 18.2. The fourth-order valence-electron chi connectivity index (χ4n) is 4.55. The van der Waals surface area contributed by atoms with E-state index >= 15 is 0 Å². The molecule has 1 fully saturated rings. The minimum atomic E-state index is 0.0994. The summed E-state index contributed by atoms with van der Waals surface area (Å²) in [4.78, 5) is 2.58. The molecule has 1 heterocycles. The number of likely N-dealkylation sites (tertiary alicyclic amines) is 1. The molecule has 0 spiro atoms. The van der Waals surface area contributed by atoms with Gasteiger partial charge in [0.25, 0.3) is 0 Å². The van der Waals surface area contributed by atoms with Crippen LogP contribution in [-0.4, -0.2) is 35.7 Å². The van der Waals surface area contributed by atoms with E-state index in [-0.39, 0.29) is 6.61 Å². The molecule has 0 saturated carbocycles. The lowest BCUT2D eigenvalue weighted by molar-refractivity contribution is 0.182. The van der Waals surface area contributed by atoms with Crippen molar-refractivity contribution >= 4 is 0 Å². The van der Waals surface area contributed by atoms with Crippen molar-refractivity contribution in [2.24, 2.45) is 5.92 Å². The number of aliphatic hydroxyl groups is 1. The minimum absolute atomic E-state index is 0.0994. The molecule has 3 rings (SSSR count). The van der Waals surface area contributed by atoms with Crippen LogP contribution in [0.1, 0.15) is 57.1 Å². The number of aliphatic hydroxyl groups excluding tert-OH is 1. The molecule has 1 aliphatic rings. The van der Waals surface area contributed by atoms with E-state index in [0.29, 0.717) is 6.04 Å². The zero-order valence-electron chi connectivity index (χ0n) is 18.2. The van der Waals surface area contributed by atoms with Gasteiger partial charge in [-0.25, -0.2) is 0 Å². The van der Waals surface area contributed by atoms with Crippen LogP contribution in [-0.2, 0) is 13.2 Å². The van der Waals surface area contributed by atoms with Gasteiger partial charge in [-0.1, -0.05) is 75.2 Å². The van der Waals surface area contributed by atoms with E-state index in [1.165, 1.54) is 48.8 Å². The lowest BCUT2D eigenvalue weighted by Crippen LogP contribution is -2.45. The number of benzene rings is 2. The number of rotatable bonds is 10. The van der Waals surface area contributed by atoms with Crippen LogP contribution in [0.3, 0.4) is 0 Å². The Bertz CT molecular complexity index is 731. The third-order valence-electron chi connectivity index (χ3n) is 6.19. The second-order valence-corrected chi connectivity index (χ2v) is 8.73. The fraction of sp³-hybridized carbons (Fsp3) is 0.538. The summed E-state index contributed by atoms with van der Waals surface area (Å²) in [6.45, 7) is 9.09. The normalized spacial score (nSPS) is 18.7. The first kappa shape index (κ1) is 22.0. The molecule has 158 valence electrons. The average molecular weight is 395 g/mol. The van der Waals surface area contributed by atoms with Crippen molar-refractivity contribution in [2.45, 2.75) is 65.1 Å². The first-order valence-electron chi connectivity index (χ1n) is 11.4. The number of hydrogen-bond acceptors (Lipinski definition) is 3. The summed E-state index contributed by atoms with van der Waals surface area (Å²) in [6, 6.07) is 17.6. The quantitative estimate of drug-likeness (QED) is 0.579. The Labute approximate surface area is 177 Å². The highest BCUT2D eigenvalue weighted by molar-refractivity contribution is 5.67. The molecule has 0 amide bonds. The van der Waals surface area contributed by atoms with Crippen LogP contribution in [0.2, 0.25) is 0 Å². The Morgan fingerprint density at radius 1 is 1.14 bits per heavy atom. The van der Waals surface area contributed by atoms with Gasteiger partial charge in [0.15, 0.2) is 0 Å². The second-order valence-electron chi connectivity index (χ2n) is 8.73. The van der Waals surface area contributed by atoms with Crippen molar-refractivity contribution in [1.82, 2.24) is 10.2 Å².